The lowest BCUT2D eigenvalue weighted by Crippen LogP contribution is -2.55. The van der Waals surface area contributed by atoms with Crippen LogP contribution in [0.3, 0.4) is 0 Å². The van der Waals surface area contributed by atoms with Crippen molar-refractivity contribution in [2.75, 3.05) is 67.7 Å². The van der Waals surface area contributed by atoms with E-state index in [0.29, 0.717) is 60.0 Å². The van der Waals surface area contributed by atoms with Gasteiger partial charge in [-0.3, -0.25) is 19.8 Å². The molecule has 2 aliphatic carbocycles. The normalized spacial score (nSPS) is 21.9. The number of nitro groups is 1. The first-order valence-electron chi connectivity index (χ1n) is 23.8. The Balaban J connectivity index is 0.840. The number of anilines is 4. The van der Waals surface area contributed by atoms with E-state index in [1.54, 1.807) is 23.4 Å². The minimum Gasteiger partial charge on any atom is -0.476 e. The first-order valence-corrected chi connectivity index (χ1v) is 25.3. The number of carbonyl (C=O) groups is 1. The molecule has 16 nitrogen and oxygen atoms in total. The second-order valence-electron chi connectivity index (χ2n) is 19.5. The molecule has 11 rings (SSSR count). The van der Waals surface area contributed by atoms with E-state index in [1.807, 2.05) is 29.2 Å². The molecule has 1 spiro atoms. The number of alkyl halides is 1. The zero-order valence-electron chi connectivity index (χ0n) is 37.4. The number of aromatic amines is 1. The molecule has 0 radical (unpaired) electrons. The van der Waals surface area contributed by atoms with Crippen LogP contribution in [0.15, 0.2) is 78.0 Å². The third kappa shape index (κ3) is 8.56. The molecule has 3 saturated heterocycles. The van der Waals surface area contributed by atoms with Crippen molar-refractivity contribution in [1.29, 1.82) is 0 Å². The summed E-state index contributed by atoms with van der Waals surface area (Å²) < 4.78 is 56.7. The zero-order chi connectivity index (χ0) is 45.9. The molecule has 2 saturated carbocycles. The van der Waals surface area contributed by atoms with Gasteiger partial charge in [-0.2, -0.15) is 4.98 Å². The Kier molecular flexibility index (Phi) is 11.3. The summed E-state index contributed by atoms with van der Waals surface area (Å²) in [7, 11) is -4.70. The van der Waals surface area contributed by atoms with Gasteiger partial charge in [-0.15, -0.1) is 0 Å². The number of halogens is 1. The van der Waals surface area contributed by atoms with E-state index in [9.17, 15) is 23.3 Å². The number of amides is 1. The first kappa shape index (κ1) is 43.7. The van der Waals surface area contributed by atoms with E-state index in [4.69, 9.17) is 14.5 Å². The third-order valence-corrected chi connectivity index (χ3v) is 16.6. The first-order chi connectivity index (χ1) is 32.4. The number of sulfonamides is 1. The smallest absolute Gasteiger partial charge is 0.312 e. The number of piperidine rings is 1. The van der Waals surface area contributed by atoms with Crippen LogP contribution in [0.4, 0.5) is 33.0 Å². The number of benzene rings is 2. The van der Waals surface area contributed by atoms with Gasteiger partial charge in [-0.25, -0.2) is 22.5 Å². The van der Waals surface area contributed by atoms with Crippen molar-refractivity contribution in [2.24, 2.45) is 5.41 Å². The van der Waals surface area contributed by atoms with Crippen molar-refractivity contribution < 1.29 is 32.0 Å². The van der Waals surface area contributed by atoms with Gasteiger partial charge in [0.05, 0.1) is 35.5 Å². The molecule has 6 aliphatic rings. The molecule has 352 valence electrons. The van der Waals surface area contributed by atoms with Crippen LogP contribution >= 0.6 is 0 Å². The third-order valence-electron chi connectivity index (χ3n) is 15.3. The summed E-state index contributed by atoms with van der Waals surface area (Å²) in [4.78, 5) is 44.2. The number of pyridine rings is 2. The highest BCUT2D eigenvalue weighted by Gasteiger charge is 2.50. The molecular weight excluding hydrogens is 878 g/mol. The molecule has 18 heteroatoms. The fourth-order valence-corrected chi connectivity index (χ4v) is 12.3. The van der Waals surface area contributed by atoms with Gasteiger partial charge in [0.1, 0.15) is 21.9 Å². The maximum atomic E-state index is 15.3. The van der Waals surface area contributed by atoms with Gasteiger partial charge in [-0.05, 0) is 117 Å². The van der Waals surface area contributed by atoms with Gasteiger partial charge in [-0.1, -0.05) is 24.3 Å². The Bertz CT molecular complexity index is 2820. The largest absolute Gasteiger partial charge is 0.476 e. The Morgan fingerprint density at radius 2 is 1.72 bits per heavy atom. The molecule has 1 amide bonds. The Morgan fingerprint density at radius 3 is 2.49 bits per heavy atom. The fraction of sp³-hybridized carbons (Fsp3) is 0.490. The van der Waals surface area contributed by atoms with Crippen molar-refractivity contribution in [3.8, 4) is 5.88 Å². The maximum Gasteiger partial charge on any atom is 0.312 e. The fourth-order valence-electron chi connectivity index (χ4n) is 11.4. The number of carbonyl (C=O) groups excluding carboxylic acids is 1. The summed E-state index contributed by atoms with van der Waals surface area (Å²) in [5, 5.41) is 15.7. The Morgan fingerprint density at radius 1 is 0.925 bits per heavy atom. The molecule has 2 aromatic carbocycles. The lowest BCUT2D eigenvalue weighted by atomic mass is 9.59. The number of likely N-dealkylation sites (tertiary alicyclic amines) is 1. The SMILES string of the molecule is O=C(NS(=O)(=O)c1cnc(NCC2(F)CCOCC2)c([N+](=O)[O-])c1)c1ccc(N2CCC3(CC2)CC(N2CCC[C@@H]2c2ccccc2C2CC2)C3)cc1N1CCCOc2nc3[nH]ccc3cc21. The highest BCUT2D eigenvalue weighted by Crippen LogP contribution is 2.55. The molecular formula is C49H56FN9O7S. The van der Waals surface area contributed by atoms with Crippen molar-refractivity contribution in [3.63, 3.8) is 0 Å². The van der Waals surface area contributed by atoms with Crippen LogP contribution in [-0.2, 0) is 14.8 Å². The predicted octanol–water partition coefficient (Wildman–Crippen LogP) is 8.30. The number of hydrogen-bond acceptors (Lipinski definition) is 13. The van der Waals surface area contributed by atoms with E-state index in [0.717, 1.165) is 61.7 Å². The minimum atomic E-state index is -4.70. The number of hydrogen-bond donors (Lipinski definition) is 3. The second-order valence-corrected chi connectivity index (χ2v) is 21.2. The maximum absolute atomic E-state index is 15.3. The average molecular weight is 934 g/mol. The quantitative estimate of drug-likeness (QED) is 0.0802. The van der Waals surface area contributed by atoms with E-state index >= 15 is 4.39 Å². The number of rotatable bonds is 12. The molecule has 1 atom stereocenters. The van der Waals surface area contributed by atoms with Gasteiger partial charge in [0.25, 0.3) is 15.9 Å². The van der Waals surface area contributed by atoms with Gasteiger partial charge < -0.3 is 29.6 Å². The number of fused-ring (bicyclic) bond motifs is 2. The lowest BCUT2D eigenvalue weighted by molar-refractivity contribution is -0.384. The van der Waals surface area contributed by atoms with Crippen molar-refractivity contribution in [1.82, 2.24) is 24.6 Å². The van der Waals surface area contributed by atoms with Crippen LogP contribution < -0.4 is 24.6 Å². The summed E-state index contributed by atoms with van der Waals surface area (Å²) in [5.74, 6) is -0.0883. The number of nitrogens with one attached hydrogen (secondary N) is 3. The van der Waals surface area contributed by atoms with Crippen LogP contribution in [0, 0.1) is 15.5 Å². The molecule has 4 aliphatic heterocycles. The standard InChI is InChI=1S/C49H56FN9O7S/c50-49(15-23-65-24-16-49)31-53-45-42(59(61)62)27-36(30-52-45)67(63,64)55-46(60)39-11-10-34(26-41(39)58-19-4-22-66-47-43(58)25-33-12-17-51-44(33)54-47)56-20-13-48(14-21-56)28-35(29-48)57-18-3-7-40(57)38-6-2-1-5-37(38)32-8-9-32/h1-2,5-6,10-12,17,25-27,30,32,35,40H,3-4,7-9,13-16,18-24,28-29,31H2,(H,51,54)(H,52,53)(H,55,60)/t40-/m1/s1. The molecule has 0 unspecified atom stereocenters. The van der Waals surface area contributed by atoms with E-state index in [-0.39, 0.29) is 44.0 Å². The second kappa shape index (κ2) is 17.3. The van der Waals surface area contributed by atoms with Gasteiger partial charge in [0, 0.05) is 81.1 Å². The predicted molar refractivity (Wildman–Crippen MR) is 252 cm³/mol. The molecule has 5 fully saturated rings. The molecule has 3 aromatic heterocycles. The average Bonchev–Trinajstić information content (AvgIpc) is 3.95. The molecule has 3 N–H and O–H groups in total. The number of ether oxygens (including phenoxy) is 2. The van der Waals surface area contributed by atoms with Crippen LogP contribution in [0.5, 0.6) is 5.88 Å². The van der Waals surface area contributed by atoms with Crippen LogP contribution in [0.1, 0.15) is 104 Å². The molecule has 67 heavy (non-hydrogen) atoms. The van der Waals surface area contributed by atoms with E-state index in [2.05, 4.69) is 54.1 Å². The monoisotopic (exact) mass is 933 g/mol. The van der Waals surface area contributed by atoms with Crippen molar-refractivity contribution in [2.45, 2.75) is 99.2 Å². The van der Waals surface area contributed by atoms with Crippen molar-refractivity contribution >= 4 is 55.5 Å². The number of H-pyrrole nitrogens is 1. The summed E-state index contributed by atoms with van der Waals surface area (Å²) in [6.07, 6.45) is 13.1. The van der Waals surface area contributed by atoms with Gasteiger partial charge in [0.2, 0.25) is 11.7 Å². The topological polar surface area (TPSA) is 188 Å². The lowest BCUT2D eigenvalue weighted by Gasteiger charge is -2.56. The van der Waals surface area contributed by atoms with Crippen molar-refractivity contribution in [3.05, 3.63) is 99.9 Å². The van der Waals surface area contributed by atoms with Gasteiger partial charge >= 0.3 is 5.69 Å². The molecule has 7 heterocycles. The van der Waals surface area contributed by atoms with Crippen LogP contribution in [0.2, 0.25) is 0 Å². The highest BCUT2D eigenvalue weighted by molar-refractivity contribution is 7.90. The molecule has 5 aromatic rings. The van der Waals surface area contributed by atoms with Gasteiger partial charge in [0.15, 0.2) is 0 Å². The summed E-state index contributed by atoms with van der Waals surface area (Å²) in [6, 6.07) is 20.4. The zero-order valence-corrected chi connectivity index (χ0v) is 38.2. The number of aromatic nitrogens is 3. The number of nitrogens with zero attached hydrogens (tertiary/aromatic N) is 6. The van der Waals surface area contributed by atoms with E-state index in [1.165, 1.54) is 38.5 Å². The Hall–Kier alpha value is -5.85. The van der Waals surface area contributed by atoms with Crippen LogP contribution in [0.25, 0.3) is 11.0 Å². The minimum absolute atomic E-state index is 0.0820. The summed E-state index contributed by atoms with van der Waals surface area (Å²) in [5.41, 5.74) is 3.84. The molecule has 0 bridgehead atoms. The Labute approximate surface area is 388 Å². The van der Waals surface area contributed by atoms with E-state index < -0.39 is 37.1 Å². The summed E-state index contributed by atoms with van der Waals surface area (Å²) >= 11 is 0. The summed E-state index contributed by atoms with van der Waals surface area (Å²) in [6.45, 7) is 3.87. The van der Waals surface area contributed by atoms with Crippen LogP contribution in [-0.4, -0.2) is 103 Å². The highest BCUT2D eigenvalue weighted by atomic mass is 32.2.